The third-order valence-electron chi connectivity index (χ3n) is 10.7. The van der Waals surface area contributed by atoms with E-state index < -0.39 is 0 Å². The van der Waals surface area contributed by atoms with Gasteiger partial charge >= 0.3 is 0 Å². The second kappa shape index (κ2) is 27.1. The van der Waals surface area contributed by atoms with Gasteiger partial charge in [0.15, 0.2) is 0 Å². The van der Waals surface area contributed by atoms with Crippen molar-refractivity contribution in [2.45, 2.75) is 142 Å². The van der Waals surface area contributed by atoms with Crippen LogP contribution in [0.1, 0.15) is 141 Å². The average Bonchev–Trinajstić information content (AvgIpc) is 3.12. The monoisotopic (exact) mass is 719 g/mol. The zero-order chi connectivity index (χ0) is 37.9. The Kier molecular flexibility index (Phi) is 23.8. The van der Waals surface area contributed by atoms with Crippen LogP contribution in [0.3, 0.4) is 0 Å². The van der Waals surface area contributed by atoms with Crippen molar-refractivity contribution in [1.82, 2.24) is 0 Å². The summed E-state index contributed by atoms with van der Waals surface area (Å²) < 4.78 is 15.1. The maximum atomic E-state index is 6.52. The Labute approximate surface area is 322 Å². The summed E-state index contributed by atoms with van der Waals surface area (Å²) >= 11 is 0. The minimum Gasteiger partial charge on any atom is -0.493 e. The van der Waals surface area contributed by atoms with E-state index in [1.807, 2.05) is 12.2 Å². The van der Waals surface area contributed by atoms with Gasteiger partial charge in [0.1, 0.15) is 11.5 Å². The fourth-order valence-electron chi connectivity index (χ4n) is 7.35. The number of ether oxygens (including phenoxy) is 2. The van der Waals surface area contributed by atoms with Gasteiger partial charge in [0.25, 0.3) is 0 Å². The van der Waals surface area contributed by atoms with Crippen LogP contribution in [-0.2, 0) is 12.8 Å². The van der Waals surface area contributed by atoms with E-state index in [1.165, 1.54) is 133 Å². The molecule has 4 nitrogen and oxygen atoms in total. The molecule has 0 N–H and O–H groups in total. The smallest absolute Gasteiger partial charge is 0.127 e. The Morgan fingerprint density at radius 1 is 0.500 bits per heavy atom. The lowest BCUT2D eigenvalue weighted by Crippen LogP contribution is -2.41. The Morgan fingerprint density at radius 3 is 1.44 bits per heavy atom. The first kappa shape index (κ1) is 45.6. The molecule has 0 atom stereocenters. The highest BCUT2D eigenvalue weighted by Gasteiger charge is 2.17. The molecule has 0 radical (unpaired) electrons. The van der Waals surface area contributed by atoms with Crippen molar-refractivity contribution in [1.29, 1.82) is 0 Å². The number of nitrogens with zero attached hydrogens (tertiary/aromatic N) is 2. The quantitative estimate of drug-likeness (QED) is 0.0415. The lowest BCUT2D eigenvalue weighted by molar-refractivity contribution is -0.890. The van der Waals surface area contributed by atoms with E-state index in [0.717, 1.165) is 78.0 Å². The summed E-state index contributed by atoms with van der Waals surface area (Å²) in [4.78, 5) is 0. The summed E-state index contributed by atoms with van der Waals surface area (Å²) in [5, 5.41) is 0. The Hall–Kier alpha value is -2.56. The van der Waals surface area contributed by atoms with Crippen molar-refractivity contribution in [2.24, 2.45) is 0 Å². The maximum absolute atomic E-state index is 6.52. The van der Waals surface area contributed by atoms with Gasteiger partial charge in [0, 0.05) is 18.4 Å². The minimum absolute atomic E-state index is 0.724. The van der Waals surface area contributed by atoms with E-state index in [9.17, 15) is 0 Å². The highest BCUT2D eigenvalue weighted by atomic mass is 16.5. The molecule has 0 saturated heterocycles. The van der Waals surface area contributed by atoms with Crippen molar-refractivity contribution >= 4 is 0 Å². The van der Waals surface area contributed by atoms with Crippen molar-refractivity contribution in [3.63, 3.8) is 0 Å². The molecule has 2 rings (SSSR count). The van der Waals surface area contributed by atoms with Crippen LogP contribution in [0.4, 0.5) is 0 Å². The second-order valence-corrected chi connectivity index (χ2v) is 16.8. The van der Waals surface area contributed by atoms with Crippen molar-refractivity contribution in [3.8, 4) is 22.6 Å². The summed E-state index contributed by atoms with van der Waals surface area (Å²) in [5.74, 6) is 1.93. The zero-order valence-electron chi connectivity index (χ0n) is 35.1. The largest absolute Gasteiger partial charge is 0.493 e. The summed E-state index contributed by atoms with van der Waals surface area (Å²) in [5.41, 5.74) is 4.74. The van der Waals surface area contributed by atoms with Crippen LogP contribution in [0.25, 0.3) is 11.1 Å². The third kappa shape index (κ3) is 20.0. The Bertz CT molecular complexity index is 1230. The summed E-state index contributed by atoms with van der Waals surface area (Å²) in [6.45, 7) is 18.8. The first-order valence-corrected chi connectivity index (χ1v) is 21.5. The van der Waals surface area contributed by atoms with Gasteiger partial charge < -0.3 is 18.4 Å². The fourth-order valence-corrected chi connectivity index (χ4v) is 7.35. The molecular weight excluding hydrogens is 637 g/mol. The molecule has 0 bridgehead atoms. The van der Waals surface area contributed by atoms with Crippen molar-refractivity contribution in [3.05, 3.63) is 72.8 Å². The van der Waals surface area contributed by atoms with E-state index in [1.54, 1.807) is 0 Å². The molecule has 2 aromatic carbocycles. The molecule has 0 fully saturated rings. The lowest BCUT2D eigenvalue weighted by Gasteiger charge is -2.30. The standard InChI is InChI=1S/C48H82N2O2/c1-9-13-15-17-19-21-23-25-35-49(5,6)37-27-39-51-47-34-32-44(42-45(47)30-12-4)46-41-43(29-11-3)31-33-48(46)52-40-28-38-50(7,8)36-26-24-22-20-18-16-14-10-2/h11-12,31-34,41-42H,3-4,9-10,13-30,35-40H2,1-2,5-8H3/q+2. The van der Waals surface area contributed by atoms with Gasteiger partial charge in [-0.25, -0.2) is 0 Å². The molecule has 52 heavy (non-hydrogen) atoms. The molecule has 0 spiro atoms. The van der Waals surface area contributed by atoms with E-state index in [2.05, 4.69) is 91.6 Å². The number of rotatable bonds is 33. The average molecular weight is 719 g/mol. The van der Waals surface area contributed by atoms with Gasteiger partial charge in [-0.3, -0.25) is 0 Å². The molecule has 0 aromatic heterocycles. The molecule has 0 saturated carbocycles. The molecule has 0 aliphatic heterocycles. The van der Waals surface area contributed by atoms with E-state index in [-0.39, 0.29) is 0 Å². The fraction of sp³-hybridized carbons (Fsp3) is 0.667. The van der Waals surface area contributed by atoms with Crippen LogP contribution in [0, 0.1) is 0 Å². The summed E-state index contributed by atoms with van der Waals surface area (Å²) in [6, 6.07) is 13.2. The number of quaternary nitrogens is 2. The minimum atomic E-state index is 0.724. The molecule has 2 aromatic rings. The molecule has 0 amide bonds. The third-order valence-corrected chi connectivity index (χ3v) is 10.7. The van der Waals surface area contributed by atoms with Gasteiger partial charge in [-0.2, -0.15) is 0 Å². The zero-order valence-corrected chi connectivity index (χ0v) is 35.1. The lowest BCUT2D eigenvalue weighted by atomic mass is 9.97. The van der Waals surface area contributed by atoms with Crippen molar-refractivity contribution < 1.29 is 18.4 Å². The van der Waals surface area contributed by atoms with Crippen molar-refractivity contribution in [2.75, 3.05) is 67.6 Å². The summed E-state index contributed by atoms with van der Waals surface area (Å²) in [6.07, 6.45) is 29.7. The highest BCUT2D eigenvalue weighted by Crippen LogP contribution is 2.35. The second-order valence-electron chi connectivity index (χ2n) is 16.8. The van der Waals surface area contributed by atoms with Crippen LogP contribution < -0.4 is 9.47 Å². The van der Waals surface area contributed by atoms with E-state index in [0.29, 0.717) is 0 Å². The first-order chi connectivity index (χ1) is 25.1. The first-order valence-electron chi connectivity index (χ1n) is 21.5. The van der Waals surface area contributed by atoms with Crippen LogP contribution in [0.5, 0.6) is 11.5 Å². The topological polar surface area (TPSA) is 18.5 Å². The summed E-state index contributed by atoms with van der Waals surface area (Å²) in [7, 11) is 9.49. The molecular formula is C48H82N2O2+2. The van der Waals surface area contributed by atoms with Crippen LogP contribution in [0.15, 0.2) is 61.7 Å². The number of allylic oxidation sites excluding steroid dienone is 2. The van der Waals surface area contributed by atoms with Gasteiger partial charge in [-0.1, -0.05) is 115 Å². The predicted octanol–water partition coefficient (Wildman–Crippen LogP) is 12.8. The molecule has 294 valence electrons. The van der Waals surface area contributed by atoms with E-state index >= 15 is 0 Å². The Morgan fingerprint density at radius 2 is 0.942 bits per heavy atom. The number of benzene rings is 2. The molecule has 4 heteroatoms. The number of unbranched alkanes of at least 4 members (excludes halogenated alkanes) is 14. The Balaban J connectivity index is 1.92. The molecule has 0 aliphatic carbocycles. The molecule has 0 heterocycles. The molecule has 0 aliphatic rings. The van der Waals surface area contributed by atoms with Gasteiger partial charge in [-0.05, 0) is 79.5 Å². The van der Waals surface area contributed by atoms with Crippen LogP contribution in [0.2, 0.25) is 0 Å². The van der Waals surface area contributed by atoms with Crippen LogP contribution in [-0.4, -0.2) is 76.5 Å². The predicted molar refractivity (Wildman–Crippen MR) is 229 cm³/mol. The maximum Gasteiger partial charge on any atom is 0.127 e. The normalized spacial score (nSPS) is 11.9. The van der Waals surface area contributed by atoms with Crippen LogP contribution >= 0.6 is 0 Å². The number of hydrogen-bond donors (Lipinski definition) is 0. The van der Waals surface area contributed by atoms with E-state index in [4.69, 9.17) is 9.47 Å². The SMILES string of the molecule is C=CCc1ccc(OCCC[N+](C)(C)CCCCCCCCCC)c(-c2ccc(OCCC[N+](C)(C)CCCCCCCCCC)c(CC=C)c2)c1. The van der Waals surface area contributed by atoms with Gasteiger partial charge in [-0.15, -0.1) is 13.2 Å². The number of hydrogen-bond acceptors (Lipinski definition) is 2. The van der Waals surface area contributed by atoms with Gasteiger partial charge in [0.05, 0.1) is 67.6 Å². The highest BCUT2D eigenvalue weighted by molar-refractivity contribution is 5.73. The molecule has 0 unspecified atom stereocenters. The van der Waals surface area contributed by atoms with Gasteiger partial charge in [0.2, 0.25) is 0 Å².